The molecule has 7 heteroatoms. The van der Waals surface area contributed by atoms with Gasteiger partial charge in [-0.3, -0.25) is 4.79 Å². The summed E-state index contributed by atoms with van der Waals surface area (Å²) in [6.07, 6.45) is 3.60. The number of nitrogens with one attached hydrogen (secondary N) is 1. The Labute approximate surface area is 174 Å². The largest absolute Gasteiger partial charge is 0.452 e. The van der Waals surface area contributed by atoms with Crippen molar-refractivity contribution in [3.63, 3.8) is 0 Å². The maximum atomic E-state index is 12.8. The van der Waals surface area contributed by atoms with Crippen LogP contribution in [-0.2, 0) is 14.3 Å². The first-order valence-corrected chi connectivity index (χ1v) is 9.96. The number of ether oxygens (including phenoxy) is 2. The molecule has 1 atom stereocenters. The van der Waals surface area contributed by atoms with Gasteiger partial charge in [0.2, 0.25) is 0 Å². The molecular weight excluding hydrogens is 382 g/mol. The molecule has 1 aromatic heterocycles. The van der Waals surface area contributed by atoms with Crippen molar-refractivity contribution in [3.8, 4) is 16.9 Å². The van der Waals surface area contributed by atoms with Gasteiger partial charge in [-0.25, -0.2) is 9.48 Å². The van der Waals surface area contributed by atoms with Crippen LogP contribution in [-0.4, -0.2) is 47.5 Å². The fourth-order valence-corrected chi connectivity index (χ4v) is 3.34. The van der Waals surface area contributed by atoms with Crippen molar-refractivity contribution in [1.82, 2.24) is 15.1 Å². The van der Waals surface area contributed by atoms with E-state index in [4.69, 9.17) is 9.47 Å². The van der Waals surface area contributed by atoms with Crippen molar-refractivity contribution < 1.29 is 19.1 Å². The molecule has 1 aliphatic heterocycles. The van der Waals surface area contributed by atoms with E-state index in [0.29, 0.717) is 17.8 Å². The molecule has 1 fully saturated rings. The molecule has 7 nitrogen and oxygen atoms in total. The number of hydrogen-bond acceptors (Lipinski definition) is 5. The minimum Gasteiger partial charge on any atom is -0.452 e. The zero-order chi connectivity index (χ0) is 20.8. The Bertz CT molecular complexity index is 996. The van der Waals surface area contributed by atoms with E-state index in [0.717, 1.165) is 30.7 Å². The van der Waals surface area contributed by atoms with Crippen molar-refractivity contribution in [2.45, 2.75) is 18.9 Å². The summed E-state index contributed by atoms with van der Waals surface area (Å²) >= 11 is 0. The molecule has 30 heavy (non-hydrogen) atoms. The van der Waals surface area contributed by atoms with E-state index >= 15 is 0 Å². The summed E-state index contributed by atoms with van der Waals surface area (Å²) in [6.45, 7) is 0.803. The molecule has 2 aromatic carbocycles. The summed E-state index contributed by atoms with van der Waals surface area (Å²) in [4.78, 5) is 24.8. The number of esters is 1. The van der Waals surface area contributed by atoms with Crippen molar-refractivity contribution in [2.75, 3.05) is 19.8 Å². The molecule has 0 bridgehead atoms. The summed E-state index contributed by atoms with van der Waals surface area (Å²) in [7, 11) is 0. The SMILES string of the molecule is O=C(COC(=O)c1cn(-c2ccccc2)nc1-c1ccccc1)NCC1CCCO1. The van der Waals surface area contributed by atoms with E-state index < -0.39 is 5.97 Å². The smallest absolute Gasteiger partial charge is 0.342 e. The third kappa shape index (κ3) is 4.75. The maximum Gasteiger partial charge on any atom is 0.342 e. The standard InChI is InChI=1S/C23H23N3O4/c27-21(24-14-19-12-7-13-29-19)16-30-23(28)20-15-26(18-10-5-2-6-11-18)25-22(20)17-8-3-1-4-9-17/h1-6,8-11,15,19H,7,12-14,16H2,(H,24,27). The Morgan fingerprint density at radius 3 is 2.53 bits per heavy atom. The van der Waals surface area contributed by atoms with Gasteiger partial charge in [-0.1, -0.05) is 48.5 Å². The molecule has 1 unspecified atom stereocenters. The number of hydrogen-bond donors (Lipinski definition) is 1. The zero-order valence-electron chi connectivity index (χ0n) is 16.5. The van der Waals surface area contributed by atoms with Gasteiger partial charge in [0, 0.05) is 24.9 Å². The molecule has 154 valence electrons. The van der Waals surface area contributed by atoms with Gasteiger partial charge in [0.15, 0.2) is 6.61 Å². The third-order valence-corrected chi connectivity index (χ3v) is 4.89. The predicted molar refractivity (Wildman–Crippen MR) is 111 cm³/mol. The second-order valence-corrected chi connectivity index (χ2v) is 7.05. The molecule has 0 spiro atoms. The monoisotopic (exact) mass is 405 g/mol. The first kappa shape index (κ1) is 19.8. The lowest BCUT2D eigenvalue weighted by Gasteiger charge is -2.11. The number of aromatic nitrogens is 2. The van der Waals surface area contributed by atoms with Crippen LogP contribution in [0.5, 0.6) is 0 Å². The predicted octanol–water partition coefficient (Wildman–Crippen LogP) is 2.99. The van der Waals surface area contributed by atoms with Crippen LogP contribution in [0.3, 0.4) is 0 Å². The highest BCUT2D eigenvalue weighted by atomic mass is 16.5. The first-order chi connectivity index (χ1) is 14.7. The molecule has 0 radical (unpaired) electrons. The first-order valence-electron chi connectivity index (χ1n) is 9.96. The van der Waals surface area contributed by atoms with Crippen LogP contribution >= 0.6 is 0 Å². The van der Waals surface area contributed by atoms with Crippen LogP contribution in [0.1, 0.15) is 23.2 Å². The Balaban J connectivity index is 1.48. The molecule has 0 aliphatic carbocycles. The summed E-state index contributed by atoms with van der Waals surface area (Å²) in [5.74, 6) is -0.945. The molecule has 0 saturated carbocycles. The van der Waals surface area contributed by atoms with Crippen LogP contribution in [0.4, 0.5) is 0 Å². The van der Waals surface area contributed by atoms with Crippen LogP contribution in [0.25, 0.3) is 16.9 Å². The number of amides is 1. The Kier molecular flexibility index (Phi) is 6.20. The second kappa shape index (κ2) is 9.37. The zero-order valence-corrected chi connectivity index (χ0v) is 16.5. The number of rotatable bonds is 7. The van der Waals surface area contributed by atoms with Gasteiger partial charge in [0.1, 0.15) is 11.3 Å². The van der Waals surface area contributed by atoms with E-state index in [1.807, 2.05) is 60.7 Å². The minimum atomic E-state index is -0.594. The topological polar surface area (TPSA) is 82.5 Å². The quantitative estimate of drug-likeness (QED) is 0.611. The molecule has 1 N–H and O–H groups in total. The maximum absolute atomic E-state index is 12.8. The van der Waals surface area contributed by atoms with Crippen LogP contribution in [0, 0.1) is 0 Å². The van der Waals surface area contributed by atoms with Crippen LogP contribution in [0.2, 0.25) is 0 Å². The second-order valence-electron chi connectivity index (χ2n) is 7.05. The average molecular weight is 405 g/mol. The highest BCUT2D eigenvalue weighted by molar-refractivity contribution is 5.97. The van der Waals surface area contributed by atoms with E-state index in [-0.39, 0.29) is 18.6 Å². The number of benzene rings is 2. The van der Waals surface area contributed by atoms with Gasteiger partial charge < -0.3 is 14.8 Å². The summed E-state index contributed by atoms with van der Waals surface area (Å²) in [6, 6.07) is 18.9. The van der Waals surface area contributed by atoms with Gasteiger partial charge in [-0.15, -0.1) is 0 Å². The van der Waals surface area contributed by atoms with Gasteiger partial charge in [-0.2, -0.15) is 5.10 Å². The van der Waals surface area contributed by atoms with E-state index in [9.17, 15) is 9.59 Å². The summed E-state index contributed by atoms with van der Waals surface area (Å²) < 4.78 is 12.4. The Hall–Kier alpha value is -3.45. The highest BCUT2D eigenvalue weighted by Gasteiger charge is 2.21. The fraction of sp³-hybridized carbons (Fsp3) is 0.261. The number of carbonyl (C=O) groups excluding carboxylic acids is 2. The molecule has 3 aromatic rings. The summed E-state index contributed by atoms with van der Waals surface area (Å²) in [5, 5.41) is 7.33. The van der Waals surface area contributed by atoms with Crippen molar-refractivity contribution >= 4 is 11.9 Å². The van der Waals surface area contributed by atoms with Gasteiger partial charge >= 0.3 is 5.97 Å². The lowest BCUT2D eigenvalue weighted by atomic mass is 10.1. The minimum absolute atomic E-state index is 0.0402. The van der Waals surface area contributed by atoms with E-state index in [1.54, 1.807) is 10.9 Å². The lowest BCUT2D eigenvalue weighted by molar-refractivity contribution is -0.124. The van der Waals surface area contributed by atoms with Gasteiger partial charge in [0.25, 0.3) is 5.91 Å². The normalized spacial score (nSPS) is 15.7. The number of carbonyl (C=O) groups is 2. The summed E-state index contributed by atoms with van der Waals surface area (Å²) in [5.41, 5.74) is 2.42. The van der Waals surface area contributed by atoms with Gasteiger partial charge in [-0.05, 0) is 25.0 Å². The Morgan fingerprint density at radius 1 is 1.10 bits per heavy atom. The van der Waals surface area contributed by atoms with E-state index in [2.05, 4.69) is 10.4 Å². The number of para-hydroxylation sites is 1. The highest BCUT2D eigenvalue weighted by Crippen LogP contribution is 2.24. The third-order valence-electron chi connectivity index (χ3n) is 4.89. The van der Waals surface area contributed by atoms with Crippen LogP contribution in [0.15, 0.2) is 66.9 Å². The molecule has 1 amide bonds. The van der Waals surface area contributed by atoms with Crippen LogP contribution < -0.4 is 5.32 Å². The Morgan fingerprint density at radius 2 is 1.83 bits per heavy atom. The molecule has 4 rings (SSSR count). The molecule has 1 aliphatic rings. The van der Waals surface area contributed by atoms with Gasteiger partial charge in [0.05, 0.1) is 11.8 Å². The average Bonchev–Trinajstić information content (AvgIpc) is 3.47. The molecule has 2 heterocycles. The fourth-order valence-electron chi connectivity index (χ4n) is 3.34. The van der Waals surface area contributed by atoms with Crippen molar-refractivity contribution in [3.05, 3.63) is 72.4 Å². The van der Waals surface area contributed by atoms with Crippen molar-refractivity contribution in [2.24, 2.45) is 0 Å². The number of nitrogens with zero attached hydrogens (tertiary/aromatic N) is 2. The van der Waals surface area contributed by atoms with Crippen molar-refractivity contribution in [1.29, 1.82) is 0 Å². The van der Waals surface area contributed by atoms with E-state index in [1.165, 1.54) is 0 Å². The lowest BCUT2D eigenvalue weighted by Crippen LogP contribution is -2.34. The molecule has 1 saturated heterocycles. The molecular formula is C23H23N3O4.